The van der Waals surface area contributed by atoms with Gasteiger partial charge in [0, 0.05) is 23.2 Å². The van der Waals surface area contributed by atoms with Crippen molar-refractivity contribution in [3.05, 3.63) is 41.4 Å². The van der Waals surface area contributed by atoms with Crippen LogP contribution in [0.25, 0.3) is 0 Å². The van der Waals surface area contributed by atoms with Crippen LogP contribution in [-0.4, -0.2) is 31.0 Å². The summed E-state index contributed by atoms with van der Waals surface area (Å²) in [5, 5.41) is 16.9. The fourth-order valence-corrected chi connectivity index (χ4v) is 5.97. The molecule has 1 aromatic heterocycles. The quantitative estimate of drug-likeness (QED) is 0.713. The van der Waals surface area contributed by atoms with Gasteiger partial charge in [-0.2, -0.15) is 0 Å². The first kappa shape index (κ1) is 18.9. The summed E-state index contributed by atoms with van der Waals surface area (Å²) in [6.07, 6.45) is 9.40. The monoisotopic (exact) mass is 406 g/mol. The molecule has 7 heteroatoms. The Morgan fingerprint density at radius 2 is 1.93 bits per heavy atom. The summed E-state index contributed by atoms with van der Waals surface area (Å²) in [5.41, 5.74) is 0.644. The molecular weight excluding hydrogens is 380 g/mol. The summed E-state index contributed by atoms with van der Waals surface area (Å²) in [6, 6.07) is 7.09. The molecule has 2 fully saturated rings. The minimum atomic E-state index is -3.23. The van der Waals surface area contributed by atoms with Gasteiger partial charge in [-0.3, -0.25) is 0 Å². The smallest absolute Gasteiger partial charge is 0.184 e. The van der Waals surface area contributed by atoms with Crippen molar-refractivity contribution in [3.8, 4) is 0 Å². The number of aliphatic hydroxyl groups excluding tert-OH is 1. The molecule has 1 aromatic carbocycles. The van der Waals surface area contributed by atoms with Crippen LogP contribution in [0.1, 0.15) is 44.1 Å². The van der Waals surface area contributed by atoms with Gasteiger partial charge in [-0.1, -0.05) is 44.2 Å². The average molecular weight is 407 g/mol. The van der Waals surface area contributed by atoms with Crippen LogP contribution in [0, 0.1) is 11.8 Å². The van der Waals surface area contributed by atoms with Crippen molar-refractivity contribution in [2.75, 3.05) is 11.6 Å². The SMILES string of the molecule is CS(=O)(=O)c1ccc(C2(C(O)Nc3nccs3)CC2C2CCCCC2)cc1. The van der Waals surface area contributed by atoms with E-state index in [-0.39, 0.29) is 5.41 Å². The van der Waals surface area contributed by atoms with E-state index in [2.05, 4.69) is 10.3 Å². The molecule has 27 heavy (non-hydrogen) atoms. The molecule has 2 N–H and O–H groups in total. The zero-order chi connectivity index (χ0) is 19.1. The molecule has 3 unspecified atom stereocenters. The van der Waals surface area contributed by atoms with Gasteiger partial charge in [0.05, 0.1) is 4.90 Å². The normalized spacial score (nSPS) is 27.3. The molecule has 2 aromatic rings. The molecule has 0 bridgehead atoms. The van der Waals surface area contributed by atoms with Crippen LogP contribution in [0.4, 0.5) is 5.13 Å². The van der Waals surface area contributed by atoms with Crippen molar-refractivity contribution >= 4 is 26.3 Å². The highest BCUT2D eigenvalue weighted by Gasteiger charge is 2.62. The second kappa shape index (κ2) is 7.18. The average Bonchev–Trinajstić information content (AvgIpc) is 3.23. The van der Waals surface area contributed by atoms with Crippen LogP contribution in [0.2, 0.25) is 0 Å². The van der Waals surface area contributed by atoms with E-state index in [9.17, 15) is 13.5 Å². The van der Waals surface area contributed by atoms with Crippen LogP contribution in [-0.2, 0) is 15.3 Å². The molecule has 2 saturated carbocycles. The molecule has 0 saturated heterocycles. The molecule has 3 atom stereocenters. The summed E-state index contributed by atoms with van der Waals surface area (Å²) in [7, 11) is -3.23. The maximum absolute atomic E-state index is 11.8. The molecule has 2 aliphatic carbocycles. The van der Waals surface area contributed by atoms with E-state index in [1.54, 1.807) is 18.3 Å². The lowest BCUT2D eigenvalue weighted by atomic mass is 9.80. The van der Waals surface area contributed by atoms with E-state index in [4.69, 9.17) is 0 Å². The molecule has 0 spiro atoms. The number of aliphatic hydroxyl groups is 1. The first-order chi connectivity index (χ1) is 12.9. The molecular formula is C20H26N2O3S2. The van der Waals surface area contributed by atoms with Crippen LogP contribution in [0.5, 0.6) is 0 Å². The minimum absolute atomic E-state index is 0.318. The summed E-state index contributed by atoms with van der Waals surface area (Å²) < 4.78 is 23.6. The summed E-state index contributed by atoms with van der Waals surface area (Å²) >= 11 is 1.47. The third kappa shape index (κ3) is 3.65. The highest BCUT2D eigenvalue weighted by Crippen LogP contribution is 2.62. The van der Waals surface area contributed by atoms with Crippen molar-refractivity contribution in [3.63, 3.8) is 0 Å². The van der Waals surface area contributed by atoms with Crippen LogP contribution < -0.4 is 5.32 Å². The topological polar surface area (TPSA) is 79.3 Å². The standard InChI is InChI=1S/C20H26N2O3S2/c1-27(24,25)16-9-7-15(8-10-16)20(18(23)22-19-21-11-12-26-19)13-17(20)14-5-3-2-4-6-14/h7-12,14,17-18,23H,2-6,13H2,1H3,(H,21,22). The van der Waals surface area contributed by atoms with E-state index in [0.29, 0.717) is 21.9 Å². The number of nitrogens with zero attached hydrogens (tertiary/aromatic N) is 1. The predicted octanol–water partition coefficient (Wildman–Crippen LogP) is 3.82. The third-order valence-corrected chi connectivity index (χ3v) is 8.11. The van der Waals surface area contributed by atoms with Crippen molar-refractivity contribution in [2.24, 2.45) is 11.8 Å². The molecule has 2 aliphatic rings. The first-order valence-electron chi connectivity index (χ1n) is 9.56. The zero-order valence-corrected chi connectivity index (χ0v) is 17.1. The van der Waals surface area contributed by atoms with Gasteiger partial charge in [-0.15, -0.1) is 11.3 Å². The highest BCUT2D eigenvalue weighted by atomic mass is 32.2. The maximum atomic E-state index is 11.8. The summed E-state index contributed by atoms with van der Waals surface area (Å²) in [5.74, 6) is 1.05. The van der Waals surface area contributed by atoms with Gasteiger partial charge >= 0.3 is 0 Å². The van der Waals surface area contributed by atoms with E-state index in [1.165, 1.54) is 49.7 Å². The Hall–Kier alpha value is -1.44. The summed E-state index contributed by atoms with van der Waals surface area (Å²) in [6.45, 7) is 0. The van der Waals surface area contributed by atoms with Gasteiger partial charge in [0.2, 0.25) is 0 Å². The Bertz CT molecular complexity index is 874. The second-order valence-electron chi connectivity index (χ2n) is 7.93. The van der Waals surface area contributed by atoms with Crippen molar-refractivity contribution in [2.45, 2.75) is 55.1 Å². The van der Waals surface area contributed by atoms with Gasteiger partial charge in [0.15, 0.2) is 15.0 Å². The van der Waals surface area contributed by atoms with Gasteiger partial charge in [-0.25, -0.2) is 13.4 Å². The number of aromatic nitrogens is 1. The van der Waals surface area contributed by atoms with E-state index >= 15 is 0 Å². The van der Waals surface area contributed by atoms with E-state index in [1.807, 2.05) is 17.5 Å². The molecule has 4 rings (SSSR count). The third-order valence-electron chi connectivity index (χ3n) is 6.28. The van der Waals surface area contributed by atoms with Crippen LogP contribution in [0.15, 0.2) is 40.7 Å². The summed E-state index contributed by atoms with van der Waals surface area (Å²) in [4.78, 5) is 4.56. The van der Waals surface area contributed by atoms with E-state index < -0.39 is 16.1 Å². The first-order valence-corrected chi connectivity index (χ1v) is 12.3. The number of thiazole rings is 1. The minimum Gasteiger partial charge on any atom is -0.373 e. The Morgan fingerprint density at radius 3 is 2.52 bits per heavy atom. The maximum Gasteiger partial charge on any atom is 0.184 e. The van der Waals surface area contributed by atoms with Crippen molar-refractivity contribution < 1.29 is 13.5 Å². The number of nitrogens with one attached hydrogen (secondary N) is 1. The largest absolute Gasteiger partial charge is 0.373 e. The molecule has 5 nitrogen and oxygen atoms in total. The number of benzene rings is 1. The van der Waals surface area contributed by atoms with Crippen molar-refractivity contribution in [1.82, 2.24) is 4.98 Å². The van der Waals surface area contributed by atoms with Gasteiger partial charge in [0.1, 0.15) is 6.23 Å². The van der Waals surface area contributed by atoms with Crippen molar-refractivity contribution in [1.29, 1.82) is 0 Å². The number of anilines is 1. The lowest BCUT2D eigenvalue weighted by Gasteiger charge is -2.30. The Labute approximate surface area is 164 Å². The second-order valence-corrected chi connectivity index (χ2v) is 10.8. The fourth-order valence-electron chi connectivity index (χ4n) is 4.79. The highest BCUT2D eigenvalue weighted by molar-refractivity contribution is 7.90. The molecule has 0 amide bonds. The van der Waals surface area contributed by atoms with Gasteiger partial charge < -0.3 is 10.4 Å². The fraction of sp³-hybridized carbons (Fsp3) is 0.550. The Kier molecular flexibility index (Phi) is 5.03. The molecule has 0 aliphatic heterocycles. The lowest BCUT2D eigenvalue weighted by molar-refractivity contribution is 0.138. The number of hydrogen-bond donors (Lipinski definition) is 2. The van der Waals surface area contributed by atoms with E-state index in [0.717, 1.165) is 12.0 Å². The van der Waals surface area contributed by atoms with Crippen LogP contribution >= 0.6 is 11.3 Å². The number of sulfone groups is 1. The number of hydrogen-bond acceptors (Lipinski definition) is 6. The number of rotatable bonds is 6. The Morgan fingerprint density at radius 1 is 1.22 bits per heavy atom. The van der Waals surface area contributed by atoms with Gasteiger partial charge in [-0.05, 0) is 36.0 Å². The lowest BCUT2D eigenvalue weighted by Crippen LogP contribution is -2.36. The van der Waals surface area contributed by atoms with Gasteiger partial charge in [0.25, 0.3) is 0 Å². The molecule has 146 valence electrons. The zero-order valence-electron chi connectivity index (χ0n) is 15.5. The Balaban J connectivity index is 1.64. The molecule has 1 heterocycles. The van der Waals surface area contributed by atoms with Crippen LogP contribution in [0.3, 0.4) is 0 Å². The predicted molar refractivity (Wildman–Crippen MR) is 108 cm³/mol. The molecule has 0 radical (unpaired) electrons.